The van der Waals surface area contributed by atoms with Gasteiger partial charge in [0, 0.05) is 17.5 Å². The lowest BCUT2D eigenvalue weighted by Gasteiger charge is -2.24. The number of thioether (sulfide) groups is 1. The van der Waals surface area contributed by atoms with Crippen molar-refractivity contribution in [1.82, 2.24) is 15.1 Å². The first kappa shape index (κ1) is 26.9. The van der Waals surface area contributed by atoms with E-state index in [9.17, 15) is 14.0 Å². The Kier molecular flexibility index (Phi) is 7.78. The van der Waals surface area contributed by atoms with E-state index in [-0.39, 0.29) is 46.5 Å². The van der Waals surface area contributed by atoms with Gasteiger partial charge in [-0.3, -0.25) is 14.5 Å². The fourth-order valence-electron chi connectivity index (χ4n) is 4.46. The van der Waals surface area contributed by atoms with Gasteiger partial charge in [0.25, 0.3) is 0 Å². The number of hydrogen-bond donors (Lipinski definition) is 1. The van der Waals surface area contributed by atoms with Crippen LogP contribution in [0.3, 0.4) is 0 Å². The zero-order valence-corrected chi connectivity index (χ0v) is 23.2. The summed E-state index contributed by atoms with van der Waals surface area (Å²) >= 11 is 1.44. The lowest BCUT2D eigenvalue weighted by molar-refractivity contribution is -0.123. The zero-order chi connectivity index (χ0) is 26.9. The minimum atomic E-state index is -0.371. The van der Waals surface area contributed by atoms with Crippen LogP contribution in [0.1, 0.15) is 62.3 Å². The van der Waals surface area contributed by atoms with Gasteiger partial charge in [-0.25, -0.2) is 9.07 Å². The summed E-state index contributed by atoms with van der Waals surface area (Å²) < 4.78 is 16.2. The number of aromatic nitrogens is 2. The van der Waals surface area contributed by atoms with Crippen molar-refractivity contribution in [3.63, 3.8) is 0 Å². The highest BCUT2D eigenvalue weighted by molar-refractivity contribution is 8.00. The Labute approximate surface area is 222 Å². The van der Waals surface area contributed by atoms with Crippen LogP contribution in [-0.2, 0) is 15.0 Å². The van der Waals surface area contributed by atoms with E-state index in [1.807, 2.05) is 51.1 Å². The molecule has 4 rings (SSSR count). The van der Waals surface area contributed by atoms with E-state index in [4.69, 9.17) is 5.10 Å². The predicted octanol–water partition coefficient (Wildman–Crippen LogP) is 5.56. The van der Waals surface area contributed by atoms with Gasteiger partial charge in [-0.05, 0) is 48.2 Å². The smallest absolute Gasteiger partial charge is 0.240 e. The lowest BCUT2D eigenvalue weighted by Crippen LogP contribution is -2.43. The minimum absolute atomic E-state index is 0.115. The van der Waals surface area contributed by atoms with Crippen molar-refractivity contribution in [2.24, 2.45) is 5.92 Å². The summed E-state index contributed by atoms with van der Waals surface area (Å²) in [6, 6.07) is 14.4. The molecule has 0 bridgehead atoms. The largest absolute Gasteiger partial charge is 0.354 e. The molecule has 1 aromatic heterocycles. The molecule has 0 aliphatic carbocycles. The summed E-state index contributed by atoms with van der Waals surface area (Å²) in [5.74, 6) is 0.279. The van der Waals surface area contributed by atoms with Gasteiger partial charge in [0.1, 0.15) is 18.2 Å². The number of anilines is 1. The molecule has 1 aliphatic rings. The highest BCUT2D eigenvalue weighted by Crippen LogP contribution is 2.48. The van der Waals surface area contributed by atoms with Crippen LogP contribution in [0.4, 0.5) is 10.2 Å². The second kappa shape index (κ2) is 10.7. The van der Waals surface area contributed by atoms with Crippen molar-refractivity contribution in [2.75, 3.05) is 23.7 Å². The average Bonchev–Trinajstić information content (AvgIpc) is 3.16. The second-order valence-electron chi connectivity index (χ2n) is 11.0. The third-order valence-corrected chi connectivity index (χ3v) is 7.46. The number of carbonyl (C=O) groups is 2. The molecule has 1 atom stereocenters. The van der Waals surface area contributed by atoms with E-state index in [0.717, 1.165) is 28.1 Å². The Bertz CT molecular complexity index is 1310. The van der Waals surface area contributed by atoms with Gasteiger partial charge in [-0.15, -0.1) is 11.8 Å². The first-order valence-corrected chi connectivity index (χ1v) is 13.6. The monoisotopic (exact) mass is 522 g/mol. The molecule has 0 spiro atoms. The fraction of sp³-hybridized carbons (Fsp3) is 0.414. The average molecular weight is 523 g/mol. The maximum atomic E-state index is 14.4. The van der Waals surface area contributed by atoms with Crippen LogP contribution in [-0.4, -0.2) is 40.4 Å². The zero-order valence-electron chi connectivity index (χ0n) is 22.3. The summed E-state index contributed by atoms with van der Waals surface area (Å²) in [6.07, 6.45) is 0. The van der Waals surface area contributed by atoms with Gasteiger partial charge in [0.05, 0.1) is 22.4 Å². The number of halogens is 1. The number of amides is 2. The molecule has 0 radical (unpaired) electrons. The van der Waals surface area contributed by atoms with Crippen molar-refractivity contribution in [2.45, 2.75) is 52.2 Å². The SMILES string of the molecule is Cc1cccc(-n2nc(C(C)(C)C)c3c2N(CC(=O)NCC(C)C)C(=O)CS[C@H]3c2cccc(F)c2)c1. The number of rotatable bonds is 6. The molecule has 8 heteroatoms. The number of fused-ring (bicyclic) bond motifs is 1. The molecule has 0 saturated carbocycles. The number of nitrogens with one attached hydrogen (secondary N) is 1. The summed E-state index contributed by atoms with van der Waals surface area (Å²) in [4.78, 5) is 28.2. The lowest BCUT2D eigenvalue weighted by atomic mass is 9.87. The molecule has 196 valence electrons. The summed E-state index contributed by atoms with van der Waals surface area (Å²) in [5.41, 5.74) is 3.90. The van der Waals surface area contributed by atoms with Crippen LogP contribution < -0.4 is 10.2 Å². The van der Waals surface area contributed by atoms with E-state index in [1.165, 1.54) is 23.9 Å². The third-order valence-electron chi connectivity index (χ3n) is 6.21. The van der Waals surface area contributed by atoms with Crippen molar-refractivity contribution in [3.8, 4) is 5.69 Å². The highest BCUT2D eigenvalue weighted by atomic mass is 32.2. The van der Waals surface area contributed by atoms with Crippen LogP contribution >= 0.6 is 11.8 Å². The minimum Gasteiger partial charge on any atom is -0.354 e. The summed E-state index contributed by atoms with van der Waals surface area (Å²) in [6.45, 7) is 12.7. The number of carbonyl (C=O) groups excluding carboxylic acids is 2. The molecular formula is C29H35FN4O2S. The molecule has 1 aliphatic heterocycles. The molecule has 2 heterocycles. The molecule has 37 heavy (non-hydrogen) atoms. The Hall–Kier alpha value is -3.13. The molecule has 0 fully saturated rings. The highest BCUT2D eigenvalue weighted by Gasteiger charge is 2.40. The predicted molar refractivity (Wildman–Crippen MR) is 148 cm³/mol. The van der Waals surface area contributed by atoms with Crippen molar-refractivity contribution >= 4 is 29.4 Å². The van der Waals surface area contributed by atoms with E-state index < -0.39 is 0 Å². The number of benzene rings is 2. The first-order valence-electron chi connectivity index (χ1n) is 12.6. The third kappa shape index (κ3) is 5.90. The molecule has 0 unspecified atom stereocenters. The Balaban J connectivity index is 1.98. The maximum Gasteiger partial charge on any atom is 0.240 e. The molecule has 1 N–H and O–H groups in total. The van der Waals surface area contributed by atoms with Crippen LogP contribution in [0.15, 0.2) is 48.5 Å². The molecule has 0 saturated heterocycles. The normalized spacial score (nSPS) is 16.1. The van der Waals surface area contributed by atoms with Gasteiger partial charge in [-0.2, -0.15) is 5.10 Å². The van der Waals surface area contributed by atoms with E-state index in [2.05, 4.69) is 26.1 Å². The summed E-state index contributed by atoms with van der Waals surface area (Å²) in [5, 5.41) is 7.67. The van der Waals surface area contributed by atoms with Gasteiger partial charge in [0.15, 0.2) is 0 Å². The van der Waals surface area contributed by atoms with Crippen molar-refractivity contribution in [1.29, 1.82) is 0 Å². The van der Waals surface area contributed by atoms with Crippen molar-refractivity contribution < 1.29 is 14.0 Å². The number of nitrogens with zero attached hydrogens (tertiary/aromatic N) is 3. The van der Waals surface area contributed by atoms with Crippen LogP contribution in [0, 0.1) is 18.7 Å². The van der Waals surface area contributed by atoms with E-state index >= 15 is 0 Å². The molecular weight excluding hydrogens is 487 g/mol. The Morgan fingerprint density at radius 3 is 2.57 bits per heavy atom. The second-order valence-corrected chi connectivity index (χ2v) is 12.1. The van der Waals surface area contributed by atoms with E-state index in [1.54, 1.807) is 15.6 Å². The molecule has 3 aromatic rings. The van der Waals surface area contributed by atoms with Gasteiger partial charge < -0.3 is 5.32 Å². The molecule has 6 nitrogen and oxygen atoms in total. The quantitative estimate of drug-likeness (QED) is 0.460. The first-order chi connectivity index (χ1) is 17.5. The number of hydrogen-bond acceptors (Lipinski definition) is 4. The topological polar surface area (TPSA) is 67.2 Å². The van der Waals surface area contributed by atoms with Crippen LogP contribution in [0.25, 0.3) is 5.69 Å². The van der Waals surface area contributed by atoms with E-state index in [0.29, 0.717) is 12.4 Å². The fourth-order valence-corrected chi connectivity index (χ4v) is 5.65. The van der Waals surface area contributed by atoms with Gasteiger partial charge in [-0.1, -0.05) is 58.9 Å². The maximum absolute atomic E-state index is 14.4. The van der Waals surface area contributed by atoms with Gasteiger partial charge in [0.2, 0.25) is 11.8 Å². The Morgan fingerprint density at radius 2 is 1.92 bits per heavy atom. The van der Waals surface area contributed by atoms with Crippen molar-refractivity contribution in [3.05, 3.63) is 76.7 Å². The van der Waals surface area contributed by atoms with Crippen LogP contribution in [0.2, 0.25) is 0 Å². The number of aryl methyl sites for hydroxylation is 1. The van der Waals surface area contributed by atoms with Gasteiger partial charge >= 0.3 is 0 Å². The molecule has 2 aromatic carbocycles. The standard InChI is InChI=1S/C29H35FN4O2S/c1-18(2)15-31-23(35)16-33-24(36)17-37-26(20-10-8-11-21(30)14-20)25-27(29(4,5)6)32-34(28(25)33)22-12-7-9-19(3)13-22/h7-14,18,26H,15-17H2,1-6H3,(H,31,35)/t26-/m0/s1. The Morgan fingerprint density at radius 1 is 1.19 bits per heavy atom. The molecule has 2 amide bonds. The summed E-state index contributed by atoms with van der Waals surface area (Å²) in [7, 11) is 0. The van der Waals surface area contributed by atoms with Crippen LogP contribution in [0.5, 0.6) is 0 Å².